The molecule has 5 rings (SSSR count). The van der Waals surface area contributed by atoms with Crippen LogP contribution in [0.3, 0.4) is 0 Å². The summed E-state index contributed by atoms with van der Waals surface area (Å²) in [6.45, 7) is 4.51. The maximum absolute atomic E-state index is 14.1. The molecule has 7 nitrogen and oxygen atoms in total. The molecule has 1 amide bonds. The van der Waals surface area contributed by atoms with E-state index in [1.54, 1.807) is 30.5 Å². The average molecular weight is 529 g/mol. The van der Waals surface area contributed by atoms with Crippen LogP contribution in [-0.4, -0.2) is 38.5 Å². The number of para-hydroxylation sites is 1. The van der Waals surface area contributed by atoms with E-state index < -0.39 is 11.4 Å². The predicted octanol–water partition coefficient (Wildman–Crippen LogP) is 5.37. The number of rotatable bonds is 8. The summed E-state index contributed by atoms with van der Waals surface area (Å²) in [7, 11) is 0. The van der Waals surface area contributed by atoms with Crippen molar-refractivity contribution in [2.24, 2.45) is 5.92 Å². The van der Waals surface area contributed by atoms with E-state index in [2.05, 4.69) is 15.3 Å². The topological polar surface area (TPSA) is 96.9 Å². The van der Waals surface area contributed by atoms with Crippen molar-refractivity contribution in [1.29, 1.82) is 0 Å². The maximum Gasteiger partial charge on any atom is 0.266 e. The number of fused-ring (bicyclic) bond motifs is 2. The summed E-state index contributed by atoms with van der Waals surface area (Å²) in [5.41, 5.74) is 1.96. The van der Waals surface area contributed by atoms with E-state index in [-0.39, 0.29) is 33.9 Å². The van der Waals surface area contributed by atoms with Crippen LogP contribution in [0, 0.1) is 11.7 Å². The molecule has 0 unspecified atom stereocenters. The number of aromatic amines is 1. The molecule has 3 aromatic carbocycles. The molecule has 5 aromatic rings. The maximum atomic E-state index is 14.1. The number of Topliss-reactive ketones (excluding diaryl/α,β-unsaturated/α-hetero) is 1. The van der Waals surface area contributed by atoms with Crippen molar-refractivity contribution in [3.63, 3.8) is 0 Å². The van der Waals surface area contributed by atoms with E-state index in [1.807, 2.05) is 38.1 Å². The smallest absolute Gasteiger partial charge is 0.266 e. The number of hydrogen-bond acceptors (Lipinski definition) is 5. The third-order valence-corrected chi connectivity index (χ3v) is 7.00. The molecule has 0 aliphatic carbocycles. The number of nitrogens with zero attached hydrogens (tertiary/aromatic N) is 2. The summed E-state index contributed by atoms with van der Waals surface area (Å²) in [6.07, 6.45) is 1.67. The van der Waals surface area contributed by atoms with E-state index in [4.69, 9.17) is 0 Å². The molecule has 2 heterocycles. The number of hydrogen-bond donors (Lipinski definition) is 2. The molecule has 0 aliphatic heterocycles. The first kappa shape index (κ1) is 25.4. The Bertz CT molecular complexity index is 1740. The van der Waals surface area contributed by atoms with Crippen molar-refractivity contribution < 1.29 is 14.0 Å². The van der Waals surface area contributed by atoms with Gasteiger partial charge in [0.2, 0.25) is 0 Å². The van der Waals surface area contributed by atoms with Crippen LogP contribution in [0.2, 0.25) is 0 Å². The van der Waals surface area contributed by atoms with Crippen LogP contribution in [0.1, 0.15) is 34.6 Å². The Morgan fingerprint density at radius 1 is 1.05 bits per heavy atom. The van der Waals surface area contributed by atoms with E-state index in [1.165, 1.54) is 22.8 Å². The molecule has 2 N–H and O–H groups in total. The Balaban J connectivity index is 1.55. The molecule has 2 aromatic heterocycles. The molecule has 0 atom stereocenters. The van der Waals surface area contributed by atoms with Gasteiger partial charge in [0.15, 0.2) is 10.9 Å². The zero-order valence-electron chi connectivity index (χ0n) is 20.8. The third kappa shape index (κ3) is 5.10. The normalized spacial score (nSPS) is 11.4. The lowest BCUT2D eigenvalue weighted by atomic mass is 10.1. The van der Waals surface area contributed by atoms with Gasteiger partial charge >= 0.3 is 0 Å². The molecule has 0 saturated heterocycles. The molecule has 0 spiro atoms. The number of nitrogens with one attached hydrogen (secondary N) is 2. The second-order valence-electron chi connectivity index (χ2n) is 9.31. The molecule has 0 aliphatic rings. The predicted molar refractivity (Wildman–Crippen MR) is 148 cm³/mol. The van der Waals surface area contributed by atoms with Crippen LogP contribution in [0.25, 0.3) is 27.5 Å². The molecule has 0 saturated carbocycles. The van der Waals surface area contributed by atoms with Gasteiger partial charge in [0.1, 0.15) is 5.82 Å². The summed E-state index contributed by atoms with van der Waals surface area (Å²) in [6, 6.07) is 17.8. The van der Waals surface area contributed by atoms with Gasteiger partial charge in [-0.25, -0.2) is 9.37 Å². The second-order valence-corrected chi connectivity index (χ2v) is 10.3. The Hall–Kier alpha value is -4.24. The Morgan fingerprint density at radius 3 is 2.66 bits per heavy atom. The van der Waals surface area contributed by atoms with Gasteiger partial charge < -0.3 is 10.3 Å². The molecule has 0 radical (unpaired) electrons. The lowest BCUT2D eigenvalue weighted by molar-refractivity contribution is 0.0948. The highest BCUT2D eigenvalue weighted by Gasteiger charge is 2.19. The van der Waals surface area contributed by atoms with Crippen molar-refractivity contribution in [2.75, 3.05) is 12.3 Å². The molecule has 9 heteroatoms. The fourth-order valence-electron chi connectivity index (χ4n) is 4.16. The van der Waals surface area contributed by atoms with Crippen LogP contribution in [0.15, 0.2) is 82.9 Å². The van der Waals surface area contributed by atoms with E-state index >= 15 is 0 Å². The van der Waals surface area contributed by atoms with Crippen molar-refractivity contribution in [3.05, 3.63) is 100 Å². The number of thioether (sulfide) groups is 1. The second kappa shape index (κ2) is 10.6. The number of carbonyl (C=O) groups excluding carboxylic acids is 2. The first-order chi connectivity index (χ1) is 18.3. The zero-order chi connectivity index (χ0) is 26.8. The SMILES string of the molecule is CC(C)CNC(=O)c1ccc2c(=O)n(-c3cccc(F)c3)c(SCC(=O)c3c[nH]c4ccccc34)nc2c1. The summed E-state index contributed by atoms with van der Waals surface area (Å²) in [4.78, 5) is 47.1. The Morgan fingerprint density at radius 2 is 1.87 bits per heavy atom. The average Bonchev–Trinajstić information content (AvgIpc) is 3.34. The van der Waals surface area contributed by atoms with Gasteiger partial charge in [-0.3, -0.25) is 19.0 Å². The molecule has 0 bridgehead atoms. The van der Waals surface area contributed by atoms with Gasteiger partial charge in [0.25, 0.3) is 11.5 Å². The lowest BCUT2D eigenvalue weighted by Gasteiger charge is -2.14. The molecular weight excluding hydrogens is 503 g/mol. The van der Waals surface area contributed by atoms with Crippen LogP contribution < -0.4 is 10.9 Å². The highest BCUT2D eigenvalue weighted by molar-refractivity contribution is 7.99. The summed E-state index contributed by atoms with van der Waals surface area (Å²) < 4.78 is 15.4. The van der Waals surface area contributed by atoms with Crippen molar-refractivity contribution in [3.8, 4) is 5.69 Å². The summed E-state index contributed by atoms with van der Waals surface area (Å²) in [5.74, 6) is -0.620. The molecule has 38 heavy (non-hydrogen) atoms. The minimum absolute atomic E-state index is 0.00365. The molecular formula is C29H25FN4O3S. The van der Waals surface area contributed by atoms with E-state index in [0.29, 0.717) is 28.9 Å². The van der Waals surface area contributed by atoms with Gasteiger partial charge in [0, 0.05) is 34.8 Å². The minimum atomic E-state index is -0.502. The van der Waals surface area contributed by atoms with E-state index in [9.17, 15) is 18.8 Å². The van der Waals surface area contributed by atoms with Crippen LogP contribution in [0.4, 0.5) is 4.39 Å². The highest BCUT2D eigenvalue weighted by Crippen LogP contribution is 2.25. The fraction of sp³-hybridized carbons (Fsp3) is 0.172. The Labute approximate surface area is 222 Å². The van der Waals surface area contributed by atoms with Crippen LogP contribution in [0.5, 0.6) is 0 Å². The first-order valence-corrected chi connectivity index (χ1v) is 13.1. The number of carbonyl (C=O) groups is 2. The quantitative estimate of drug-likeness (QED) is 0.160. The first-order valence-electron chi connectivity index (χ1n) is 12.1. The van der Waals surface area contributed by atoms with Crippen LogP contribution >= 0.6 is 11.8 Å². The monoisotopic (exact) mass is 528 g/mol. The Kier molecular flexibility index (Phi) is 7.11. The molecule has 0 fully saturated rings. The number of benzene rings is 3. The number of ketones is 1. The van der Waals surface area contributed by atoms with Crippen molar-refractivity contribution in [1.82, 2.24) is 19.9 Å². The highest BCUT2D eigenvalue weighted by atomic mass is 32.2. The van der Waals surface area contributed by atoms with Gasteiger partial charge in [-0.1, -0.05) is 49.9 Å². The largest absolute Gasteiger partial charge is 0.360 e. The third-order valence-electron chi connectivity index (χ3n) is 6.06. The molecule has 192 valence electrons. The number of amides is 1. The van der Waals surface area contributed by atoms with E-state index in [0.717, 1.165) is 22.7 Å². The lowest BCUT2D eigenvalue weighted by Crippen LogP contribution is -2.27. The number of H-pyrrole nitrogens is 1. The van der Waals surface area contributed by atoms with Crippen molar-refractivity contribution in [2.45, 2.75) is 19.0 Å². The summed E-state index contributed by atoms with van der Waals surface area (Å²) in [5, 5.41) is 4.17. The van der Waals surface area contributed by atoms with Crippen LogP contribution in [-0.2, 0) is 0 Å². The van der Waals surface area contributed by atoms with Crippen molar-refractivity contribution >= 4 is 45.3 Å². The summed E-state index contributed by atoms with van der Waals surface area (Å²) >= 11 is 1.09. The van der Waals surface area contributed by atoms with Gasteiger partial charge in [-0.2, -0.15) is 0 Å². The number of halogens is 1. The standard InChI is InChI=1S/C29H25FN4O3S/c1-17(2)14-32-27(36)18-10-11-22-25(12-18)33-29(34(28(22)37)20-7-5-6-19(30)13-20)38-16-26(35)23-15-31-24-9-4-3-8-21(23)24/h3-13,15,17,31H,14,16H2,1-2H3,(H,32,36). The minimum Gasteiger partial charge on any atom is -0.360 e. The van der Waals surface area contributed by atoms with Gasteiger partial charge in [0.05, 0.1) is 22.3 Å². The zero-order valence-corrected chi connectivity index (χ0v) is 21.6. The fourth-order valence-corrected chi connectivity index (χ4v) is 5.05. The van der Waals surface area contributed by atoms with Gasteiger partial charge in [-0.05, 0) is 48.4 Å². The van der Waals surface area contributed by atoms with Gasteiger partial charge in [-0.15, -0.1) is 0 Å². The number of aromatic nitrogens is 3.